The van der Waals surface area contributed by atoms with E-state index in [1.165, 1.54) is 5.56 Å². The SMILES string of the molecule is CCOC[CH]CCc1ccccc1. The van der Waals surface area contributed by atoms with Crippen molar-refractivity contribution in [3.8, 4) is 0 Å². The zero-order valence-corrected chi connectivity index (χ0v) is 8.20. The Hall–Kier alpha value is -0.820. The van der Waals surface area contributed by atoms with Gasteiger partial charge in [0.05, 0.1) is 0 Å². The lowest BCUT2D eigenvalue weighted by molar-refractivity contribution is 0.166. The first-order valence-electron chi connectivity index (χ1n) is 4.87. The molecule has 13 heavy (non-hydrogen) atoms. The maximum atomic E-state index is 5.22. The highest BCUT2D eigenvalue weighted by Gasteiger charge is 1.91. The normalized spacial score (nSPS) is 10.2. The summed E-state index contributed by atoms with van der Waals surface area (Å²) in [5, 5.41) is 0. The molecular weight excluding hydrogens is 160 g/mol. The average Bonchev–Trinajstić information content (AvgIpc) is 2.19. The van der Waals surface area contributed by atoms with Gasteiger partial charge in [-0.2, -0.15) is 0 Å². The summed E-state index contributed by atoms with van der Waals surface area (Å²) < 4.78 is 5.22. The molecule has 0 amide bonds. The van der Waals surface area contributed by atoms with E-state index in [2.05, 4.69) is 30.7 Å². The predicted octanol–water partition coefficient (Wildman–Crippen LogP) is 2.86. The summed E-state index contributed by atoms with van der Waals surface area (Å²) in [5.41, 5.74) is 1.40. The topological polar surface area (TPSA) is 9.23 Å². The fourth-order valence-corrected chi connectivity index (χ4v) is 1.20. The summed E-state index contributed by atoms with van der Waals surface area (Å²) >= 11 is 0. The third-order valence-electron chi connectivity index (χ3n) is 1.92. The molecule has 0 N–H and O–H groups in total. The van der Waals surface area contributed by atoms with Gasteiger partial charge >= 0.3 is 0 Å². The number of hydrogen-bond donors (Lipinski definition) is 0. The van der Waals surface area contributed by atoms with Crippen LogP contribution in [0.4, 0.5) is 0 Å². The van der Waals surface area contributed by atoms with Gasteiger partial charge in [-0.1, -0.05) is 30.3 Å². The standard InChI is InChI=1S/C12H17O/c1-2-13-11-7-6-10-12-8-4-3-5-9-12/h3-5,7-9H,2,6,10-11H2,1H3. The number of unbranched alkanes of at least 4 members (excludes halogenated alkanes) is 1. The molecule has 0 aliphatic carbocycles. The van der Waals surface area contributed by atoms with Crippen LogP contribution in [0.1, 0.15) is 18.9 Å². The molecule has 0 aliphatic heterocycles. The molecule has 0 atom stereocenters. The monoisotopic (exact) mass is 177 g/mol. The molecule has 0 bridgehead atoms. The summed E-state index contributed by atoms with van der Waals surface area (Å²) in [4.78, 5) is 0. The van der Waals surface area contributed by atoms with E-state index in [9.17, 15) is 0 Å². The molecule has 0 spiro atoms. The minimum atomic E-state index is 0.781. The highest BCUT2D eigenvalue weighted by Crippen LogP contribution is 2.03. The summed E-state index contributed by atoms with van der Waals surface area (Å²) in [6.07, 6.45) is 4.41. The molecule has 71 valence electrons. The van der Waals surface area contributed by atoms with Crippen molar-refractivity contribution in [1.29, 1.82) is 0 Å². The van der Waals surface area contributed by atoms with Crippen molar-refractivity contribution in [2.24, 2.45) is 0 Å². The third kappa shape index (κ3) is 4.69. The molecule has 1 radical (unpaired) electrons. The van der Waals surface area contributed by atoms with E-state index < -0.39 is 0 Å². The van der Waals surface area contributed by atoms with Crippen molar-refractivity contribution in [3.05, 3.63) is 42.3 Å². The molecule has 0 aromatic heterocycles. The number of benzene rings is 1. The van der Waals surface area contributed by atoms with E-state index in [0.717, 1.165) is 26.1 Å². The van der Waals surface area contributed by atoms with Crippen LogP contribution in [0.15, 0.2) is 30.3 Å². The van der Waals surface area contributed by atoms with E-state index in [1.54, 1.807) is 0 Å². The summed E-state index contributed by atoms with van der Waals surface area (Å²) in [6, 6.07) is 10.5. The molecule has 1 aromatic rings. The second-order valence-electron chi connectivity index (χ2n) is 2.97. The minimum absolute atomic E-state index is 0.781. The zero-order chi connectivity index (χ0) is 9.36. The van der Waals surface area contributed by atoms with Gasteiger partial charge in [-0.25, -0.2) is 0 Å². The molecule has 1 aromatic carbocycles. The van der Waals surface area contributed by atoms with E-state index in [1.807, 2.05) is 13.0 Å². The van der Waals surface area contributed by atoms with Gasteiger partial charge < -0.3 is 4.74 Å². The molecule has 1 heteroatoms. The smallest absolute Gasteiger partial charge is 0.0497 e. The first-order valence-corrected chi connectivity index (χ1v) is 4.87. The largest absolute Gasteiger partial charge is 0.381 e. The van der Waals surface area contributed by atoms with Crippen LogP contribution >= 0.6 is 0 Å². The van der Waals surface area contributed by atoms with Gasteiger partial charge in [-0.05, 0) is 31.7 Å². The van der Waals surface area contributed by atoms with E-state index >= 15 is 0 Å². The zero-order valence-electron chi connectivity index (χ0n) is 8.20. The van der Waals surface area contributed by atoms with Gasteiger partial charge in [0.2, 0.25) is 0 Å². The van der Waals surface area contributed by atoms with Crippen molar-refractivity contribution >= 4 is 0 Å². The van der Waals surface area contributed by atoms with Crippen LogP contribution in [0.3, 0.4) is 0 Å². The molecule has 0 heterocycles. The second kappa shape index (κ2) is 6.67. The van der Waals surface area contributed by atoms with Gasteiger partial charge in [0.25, 0.3) is 0 Å². The van der Waals surface area contributed by atoms with E-state index in [4.69, 9.17) is 4.74 Å². The van der Waals surface area contributed by atoms with Crippen LogP contribution in [-0.4, -0.2) is 13.2 Å². The lowest BCUT2D eigenvalue weighted by Crippen LogP contribution is -1.95. The molecule has 1 nitrogen and oxygen atoms in total. The molecule has 0 saturated heterocycles. The maximum absolute atomic E-state index is 5.22. The number of aryl methyl sites for hydroxylation is 1. The van der Waals surface area contributed by atoms with Crippen molar-refractivity contribution in [3.63, 3.8) is 0 Å². The summed E-state index contributed by atoms with van der Waals surface area (Å²) in [7, 11) is 0. The van der Waals surface area contributed by atoms with Gasteiger partial charge in [0, 0.05) is 13.2 Å². The minimum Gasteiger partial charge on any atom is -0.381 e. The second-order valence-corrected chi connectivity index (χ2v) is 2.97. The van der Waals surface area contributed by atoms with Crippen molar-refractivity contribution in [2.75, 3.05) is 13.2 Å². The van der Waals surface area contributed by atoms with Crippen LogP contribution in [0, 0.1) is 6.42 Å². The van der Waals surface area contributed by atoms with Crippen LogP contribution < -0.4 is 0 Å². The van der Waals surface area contributed by atoms with Gasteiger partial charge in [-0.3, -0.25) is 0 Å². The molecular formula is C12H17O. The predicted molar refractivity (Wildman–Crippen MR) is 55.6 cm³/mol. The number of ether oxygens (including phenoxy) is 1. The molecule has 0 unspecified atom stereocenters. The Balaban J connectivity index is 2.07. The summed E-state index contributed by atoms with van der Waals surface area (Å²) in [5.74, 6) is 0. The fourth-order valence-electron chi connectivity index (χ4n) is 1.20. The average molecular weight is 177 g/mol. The Morgan fingerprint density at radius 3 is 2.69 bits per heavy atom. The van der Waals surface area contributed by atoms with Gasteiger partial charge in [0.15, 0.2) is 0 Å². The van der Waals surface area contributed by atoms with Crippen LogP contribution in [0.2, 0.25) is 0 Å². The van der Waals surface area contributed by atoms with Gasteiger partial charge in [-0.15, -0.1) is 0 Å². The third-order valence-corrected chi connectivity index (χ3v) is 1.92. The van der Waals surface area contributed by atoms with E-state index in [-0.39, 0.29) is 0 Å². The lowest BCUT2D eigenvalue weighted by Gasteiger charge is -2.01. The Morgan fingerprint density at radius 1 is 1.23 bits per heavy atom. The number of hydrogen-bond acceptors (Lipinski definition) is 1. The molecule has 0 fully saturated rings. The highest BCUT2D eigenvalue weighted by molar-refractivity contribution is 5.14. The van der Waals surface area contributed by atoms with Crippen LogP contribution in [-0.2, 0) is 11.2 Å². The first kappa shape index (κ1) is 10.3. The van der Waals surface area contributed by atoms with E-state index in [0.29, 0.717) is 0 Å². The Bertz CT molecular complexity index is 206. The summed E-state index contributed by atoms with van der Waals surface area (Å²) in [6.45, 7) is 3.61. The fraction of sp³-hybridized carbons (Fsp3) is 0.417. The van der Waals surface area contributed by atoms with Gasteiger partial charge in [0.1, 0.15) is 0 Å². The molecule has 1 rings (SSSR count). The molecule has 0 saturated carbocycles. The van der Waals surface area contributed by atoms with Crippen molar-refractivity contribution in [2.45, 2.75) is 19.8 Å². The lowest BCUT2D eigenvalue weighted by atomic mass is 10.1. The Labute approximate surface area is 80.7 Å². The van der Waals surface area contributed by atoms with Crippen LogP contribution in [0.25, 0.3) is 0 Å². The molecule has 0 aliphatic rings. The Kier molecular flexibility index (Phi) is 5.27. The van der Waals surface area contributed by atoms with Crippen molar-refractivity contribution in [1.82, 2.24) is 0 Å². The first-order chi connectivity index (χ1) is 6.43. The number of rotatable bonds is 6. The van der Waals surface area contributed by atoms with Crippen molar-refractivity contribution < 1.29 is 4.74 Å². The maximum Gasteiger partial charge on any atom is 0.0497 e. The van der Waals surface area contributed by atoms with Crippen LogP contribution in [0.5, 0.6) is 0 Å². The Morgan fingerprint density at radius 2 is 2.00 bits per heavy atom. The quantitative estimate of drug-likeness (QED) is 0.607. The highest BCUT2D eigenvalue weighted by atomic mass is 16.5.